The fourth-order valence-electron chi connectivity index (χ4n) is 1.93. The molecular weight excluding hydrogens is 226 g/mol. The van der Waals surface area contributed by atoms with Crippen LogP contribution in [0, 0.1) is 5.92 Å². The SMILES string of the molecule is CCCCCCCCC(CSCC(C)C)NC. The molecule has 0 aromatic rings. The Morgan fingerprint density at radius 1 is 0.941 bits per heavy atom. The fraction of sp³-hybridized carbons (Fsp3) is 1.00. The number of rotatable bonds is 12. The molecule has 0 amide bonds. The van der Waals surface area contributed by atoms with Gasteiger partial charge in [0, 0.05) is 11.8 Å². The van der Waals surface area contributed by atoms with Crippen molar-refractivity contribution in [2.24, 2.45) is 5.92 Å². The summed E-state index contributed by atoms with van der Waals surface area (Å²) >= 11 is 2.10. The van der Waals surface area contributed by atoms with Crippen LogP contribution in [-0.2, 0) is 0 Å². The Hall–Kier alpha value is 0.310. The van der Waals surface area contributed by atoms with Gasteiger partial charge in [-0.1, -0.05) is 59.3 Å². The molecule has 1 atom stereocenters. The van der Waals surface area contributed by atoms with Gasteiger partial charge in [0.15, 0.2) is 0 Å². The molecule has 0 aliphatic carbocycles. The van der Waals surface area contributed by atoms with Crippen LogP contribution in [0.15, 0.2) is 0 Å². The number of hydrogen-bond acceptors (Lipinski definition) is 2. The lowest BCUT2D eigenvalue weighted by molar-refractivity contribution is 0.513. The molecule has 0 radical (unpaired) electrons. The maximum Gasteiger partial charge on any atom is 0.0155 e. The predicted octanol–water partition coefficient (Wildman–Crippen LogP) is 4.71. The minimum Gasteiger partial charge on any atom is -0.316 e. The molecule has 0 saturated carbocycles. The first-order chi connectivity index (χ1) is 8.20. The van der Waals surface area contributed by atoms with E-state index in [2.05, 4.69) is 44.9 Å². The van der Waals surface area contributed by atoms with Gasteiger partial charge < -0.3 is 5.32 Å². The fourth-order valence-corrected chi connectivity index (χ4v) is 3.15. The third-order valence-corrected chi connectivity index (χ3v) is 4.63. The van der Waals surface area contributed by atoms with E-state index in [0.717, 1.165) is 12.0 Å². The van der Waals surface area contributed by atoms with E-state index in [4.69, 9.17) is 0 Å². The Morgan fingerprint density at radius 3 is 2.18 bits per heavy atom. The Kier molecular flexibility index (Phi) is 13.0. The van der Waals surface area contributed by atoms with Crippen molar-refractivity contribution in [2.75, 3.05) is 18.6 Å². The molecule has 1 unspecified atom stereocenters. The lowest BCUT2D eigenvalue weighted by Crippen LogP contribution is -2.27. The van der Waals surface area contributed by atoms with Gasteiger partial charge in [-0.05, 0) is 25.1 Å². The second kappa shape index (κ2) is 12.8. The highest BCUT2D eigenvalue weighted by Crippen LogP contribution is 2.13. The standard InChI is InChI=1S/C15H33NS/c1-5-6-7-8-9-10-11-15(16-4)13-17-12-14(2)3/h14-16H,5-13H2,1-4H3. The Labute approximate surface area is 114 Å². The minimum atomic E-state index is 0.727. The first-order valence-corrected chi connectivity index (χ1v) is 8.61. The van der Waals surface area contributed by atoms with Crippen LogP contribution < -0.4 is 5.32 Å². The minimum absolute atomic E-state index is 0.727. The van der Waals surface area contributed by atoms with Gasteiger partial charge in [-0.15, -0.1) is 0 Å². The normalized spacial score (nSPS) is 13.2. The van der Waals surface area contributed by atoms with E-state index >= 15 is 0 Å². The topological polar surface area (TPSA) is 12.0 Å². The van der Waals surface area contributed by atoms with E-state index in [9.17, 15) is 0 Å². The second-order valence-electron chi connectivity index (χ2n) is 5.47. The number of hydrogen-bond donors (Lipinski definition) is 1. The van der Waals surface area contributed by atoms with Crippen LogP contribution in [0.1, 0.15) is 65.7 Å². The van der Waals surface area contributed by atoms with Crippen molar-refractivity contribution in [3.8, 4) is 0 Å². The molecule has 0 saturated heterocycles. The number of unbranched alkanes of at least 4 members (excludes halogenated alkanes) is 5. The average Bonchev–Trinajstić information content (AvgIpc) is 2.30. The largest absolute Gasteiger partial charge is 0.316 e. The molecule has 0 bridgehead atoms. The lowest BCUT2D eigenvalue weighted by atomic mass is 10.1. The van der Waals surface area contributed by atoms with Gasteiger partial charge in [0.05, 0.1) is 0 Å². The van der Waals surface area contributed by atoms with Crippen molar-refractivity contribution >= 4 is 11.8 Å². The molecule has 0 aliphatic heterocycles. The lowest BCUT2D eigenvalue weighted by Gasteiger charge is -2.16. The number of thioether (sulfide) groups is 1. The average molecular weight is 260 g/mol. The molecule has 0 heterocycles. The first-order valence-electron chi connectivity index (χ1n) is 7.45. The number of nitrogens with one attached hydrogen (secondary N) is 1. The van der Waals surface area contributed by atoms with Gasteiger partial charge in [-0.2, -0.15) is 11.8 Å². The zero-order valence-corrected chi connectivity index (χ0v) is 13.2. The predicted molar refractivity (Wildman–Crippen MR) is 83.0 cm³/mol. The molecule has 1 N–H and O–H groups in total. The van der Waals surface area contributed by atoms with Gasteiger partial charge in [0.25, 0.3) is 0 Å². The third-order valence-electron chi connectivity index (χ3n) is 3.08. The second-order valence-corrected chi connectivity index (χ2v) is 6.55. The summed E-state index contributed by atoms with van der Waals surface area (Å²) in [7, 11) is 2.11. The Morgan fingerprint density at radius 2 is 1.59 bits per heavy atom. The molecule has 2 heteroatoms. The molecule has 0 aromatic heterocycles. The van der Waals surface area contributed by atoms with Crippen LogP contribution >= 0.6 is 11.8 Å². The molecular formula is C15H33NS. The smallest absolute Gasteiger partial charge is 0.0155 e. The molecule has 0 fully saturated rings. The van der Waals surface area contributed by atoms with Crippen molar-refractivity contribution in [2.45, 2.75) is 71.8 Å². The third kappa shape index (κ3) is 12.6. The van der Waals surface area contributed by atoms with Crippen LogP contribution in [0.25, 0.3) is 0 Å². The van der Waals surface area contributed by atoms with E-state index in [1.807, 2.05) is 0 Å². The van der Waals surface area contributed by atoms with Gasteiger partial charge in [0.2, 0.25) is 0 Å². The van der Waals surface area contributed by atoms with Crippen molar-refractivity contribution in [1.82, 2.24) is 5.32 Å². The molecule has 0 aliphatic rings. The van der Waals surface area contributed by atoms with Crippen molar-refractivity contribution in [3.05, 3.63) is 0 Å². The van der Waals surface area contributed by atoms with Gasteiger partial charge >= 0.3 is 0 Å². The highest BCUT2D eigenvalue weighted by Gasteiger charge is 2.06. The highest BCUT2D eigenvalue weighted by atomic mass is 32.2. The monoisotopic (exact) mass is 259 g/mol. The maximum atomic E-state index is 3.46. The summed E-state index contributed by atoms with van der Waals surface area (Å²) in [4.78, 5) is 0. The highest BCUT2D eigenvalue weighted by molar-refractivity contribution is 7.99. The Balaban J connectivity index is 3.35. The van der Waals surface area contributed by atoms with Crippen molar-refractivity contribution in [3.63, 3.8) is 0 Å². The van der Waals surface area contributed by atoms with Crippen LogP contribution in [0.5, 0.6) is 0 Å². The van der Waals surface area contributed by atoms with Gasteiger partial charge in [-0.25, -0.2) is 0 Å². The van der Waals surface area contributed by atoms with Crippen molar-refractivity contribution in [1.29, 1.82) is 0 Å². The molecule has 0 aromatic carbocycles. The summed E-state index contributed by atoms with van der Waals surface area (Å²) in [6.45, 7) is 6.88. The summed E-state index contributed by atoms with van der Waals surface area (Å²) in [5.41, 5.74) is 0. The van der Waals surface area contributed by atoms with Gasteiger partial charge in [0.1, 0.15) is 0 Å². The van der Waals surface area contributed by atoms with E-state index in [-0.39, 0.29) is 0 Å². The summed E-state index contributed by atoms with van der Waals surface area (Å²) < 4.78 is 0. The van der Waals surface area contributed by atoms with E-state index < -0.39 is 0 Å². The first kappa shape index (κ1) is 17.3. The van der Waals surface area contributed by atoms with Crippen LogP contribution in [0.4, 0.5) is 0 Å². The summed E-state index contributed by atoms with van der Waals surface area (Å²) in [5, 5.41) is 3.46. The maximum absolute atomic E-state index is 3.46. The zero-order chi connectivity index (χ0) is 12.9. The summed E-state index contributed by atoms with van der Waals surface area (Å²) in [6.07, 6.45) is 9.81. The van der Waals surface area contributed by atoms with Crippen LogP contribution in [0.2, 0.25) is 0 Å². The van der Waals surface area contributed by atoms with Gasteiger partial charge in [-0.3, -0.25) is 0 Å². The summed E-state index contributed by atoms with van der Waals surface area (Å²) in [5.74, 6) is 3.41. The molecule has 1 nitrogen and oxygen atoms in total. The van der Waals surface area contributed by atoms with Crippen LogP contribution in [-0.4, -0.2) is 24.6 Å². The Bertz CT molecular complexity index is 148. The quantitative estimate of drug-likeness (QED) is 0.509. The molecule has 104 valence electrons. The van der Waals surface area contributed by atoms with E-state index in [1.165, 1.54) is 56.5 Å². The zero-order valence-electron chi connectivity index (χ0n) is 12.4. The van der Waals surface area contributed by atoms with E-state index in [0.29, 0.717) is 0 Å². The van der Waals surface area contributed by atoms with E-state index in [1.54, 1.807) is 0 Å². The summed E-state index contributed by atoms with van der Waals surface area (Å²) in [6, 6.07) is 0.727. The molecule has 0 rings (SSSR count). The van der Waals surface area contributed by atoms with Crippen molar-refractivity contribution < 1.29 is 0 Å². The van der Waals surface area contributed by atoms with Crippen LogP contribution in [0.3, 0.4) is 0 Å². The molecule has 0 spiro atoms. The molecule has 17 heavy (non-hydrogen) atoms.